The second-order valence-electron chi connectivity index (χ2n) is 4.65. The van der Waals surface area contributed by atoms with Crippen LogP contribution in [0, 0.1) is 4.84 Å². The van der Waals surface area contributed by atoms with Crippen molar-refractivity contribution in [3.05, 3.63) is 50.7 Å². The van der Waals surface area contributed by atoms with E-state index in [9.17, 15) is 4.79 Å². The van der Waals surface area contributed by atoms with Gasteiger partial charge in [-0.1, -0.05) is 24.3 Å². The molecule has 3 rings (SSSR count). The van der Waals surface area contributed by atoms with Gasteiger partial charge in [-0.2, -0.15) is 4.98 Å². The minimum atomic E-state index is -0.383. The highest BCUT2D eigenvalue weighted by molar-refractivity contribution is 7.71. The summed E-state index contributed by atoms with van der Waals surface area (Å²) in [4.78, 5) is 20.2. The first-order valence-corrected chi connectivity index (χ1v) is 8.21. The van der Waals surface area contributed by atoms with Gasteiger partial charge in [0.25, 0.3) is 0 Å². The number of nitrogens with zero attached hydrogens (tertiary/aromatic N) is 2. The van der Waals surface area contributed by atoms with Gasteiger partial charge >= 0.3 is 10.8 Å². The highest BCUT2D eigenvalue weighted by Crippen LogP contribution is 2.19. The quantitative estimate of drug-likeness (QED) is 0.561. The van der Waals surface area contributed by atoms with Gasteiger partial charge in [-0.15, -0.1) is 11.3 Å². The highest BCUT2D eigenvalue weighted by Gasteiger charge is 2.12. The van der Waals surface area contributed by atoms with Crippen molar-refractivity contribution < 1.29 is 14.1 Å². The van der Waals surface area contributed by atoms with E-state index in [1.807, 2.05) is 24.3 Å². The molecule has 1 N–H and O–H groups in total. The molecular weight excluding hydrogens is 334 g/mol. The fourth-order valence-electron chi connectivity index (χ4n) is 2.00. The normalized spacial score (nSPS) is 10.7. The molecule has 8 heteroatoms. The Morgan fingerprint density at radius 1 is 1.35 bits per heavy atom. The van der Waals surface area contributed by atoms with Crippen molar-refractivity contribution in [2.45, 2.75) is 13.3 Å². The Morgan fingerprint density at radius 2 is 2.13 bits per heavy atom. The number of nitrogens with one attached hydrogen (secondary N) is 1. The number of esters is 1. The SMILES string of the molecule is CCOC(=O)c1csc(Cc2ccc(-c3nc(=S)o[nH]3)cc2)n1. The third kappa shape index (κ3) is 3.72. The minimum Gasteiger partial charge on any atom is -0.461 e. The Bertz CT molecular complexity index is 864. The van der Waals surface area contributed by atoms with Gasteiger partial charge in [0.1, 0.15) is 0 Å². The molecule has 0 fully saturated rings. The number of carbonyl (C=O) groups is 1. The van der Waals surface area contributed by atoms with Gasteiger partial charge < -0.3 is 9.26 Å². The maximum atomic E-state index is 11.6. The summed E-state index contributed by atoms with van der Waals surface area (Å²) < 4.78 is 9.85. The van der Waals surface area contributed by atoms with Gasteiger partial charge in [0.05, 0.1) is 11.6 Å². The molecule has 6 nitrogen and oxygen atoms in total. The van der Waals surface area contributed by atoms with E-state index in [0.717, 1.165) is 16.1 Å². The number of ether oxygens (including phenoxy) is 1. The van der Waals surface area contributed by atoms with Crippen LogP contribution in [0.5, 0.6) is 0 Å². The monoisotopic (exact) mass is 347 g/mol. The minimum absolute atomic E-state index is 0.179. The summed E-state index contributed by atoms with van der Waals surface area (Å²) >= 11 is 6.28. The van der Waals surface area contributed by atoms with E-state index in [-0.39, 0.29) is 10.8 Å². The molecule has 0 spiro atoms. The zero-order valence-corrected chi connectivity index (χ0v) is 13.9. The number of benzene rings is 1. The van der Waals surface area contributed by atoms with Crippen LogP contribution < -0.4 is 0 Å². The third-order valence-electron chi connectivity index (χ3n) is 3.06. The molecule has 2 heterocycles. The highest BCUT2D eigenvalue weighted by atomic mass is 32.1. The van der Waals surface area contributed by atoms with Crippen molar-refractivity contribution in [3.63, 3.8) is 0 Å². The van der Waals surface area contributed by atoms with Crippen LogP contribution in [-0.2, 0) is 11.2 Å². The van der Waals surface area contributed by atoms with Crippen molar-refractivity contribution in [1.29, 1.82) is 0 Å². The van der Waals surface area contributed by atoms with Crippen LogP contribution in [0.4, 0.5) is 0 Å². The van der Waals surface area contributed by atoms with Crippen molar-refractivity contribution >= 4 is 29.5 Å². The number of H-pyrrole nitrogens is 1. The summed E-state index contributed by atoms with van der Waals surface area (Å²) in [6.45, 7) is 2.12. The third-order valence-corrected chi connectivity index (χ3v) is 4.08. The lowest BCUT2D eigenvalue weighted by Crippen LogP contribution is -2.05. The molecule has 0 aliphatic rings. The molecule has 118 valence electrons. The van der Waals surface area contributed by atoms with Crippen molar-refractivity contribution in [2.75, 3.05) is 6.61 Å². The standard InChI is InChI=1S/C15H13N3O3S2/c1-2-20-14(19)11-8-23-12(16-11)7-9-3-5-10(6-4-9)13-17-15(22)21-18-13/h3-6,8H,2,7H2,1H3,(H,17,18,22). The molecule has 0 unspecified atom stereocenters. The topological polar surface area (TPSA) is 81.0 Å². The molecule has 0 radical (unpaired) electrons. The molecule has 0 amide bonds. The van der Waals surface area contributed by atoms with Gasteiger partial charge in [-0.3, -0.25) is 0 Å². The molecule has 0 aliphatic carbocycles. The predicted octanol–water partition coefficient (Wildman–Crippen LogP) is 3.62. The average molecular weight is 347 g/mol. The average Bonchev–Trinajstić information content (AvgIpc) is 3.18. The molecule has 0 aliphatic heterocycles. The fourth-order valence-corrected chi connectivity index (χ4v) is 2.93. The van der Waals surface area contributed by atoms with Crippen molar-refractivity contribution in [1.82, 2.24) is 15.1 Å². The second-order valence-corrected chi connectivity index (χ2v) is 5.94. The van der Waals surface area contributed by atoms with E-state index in [1.165, 1.54) is 11.3 Å². The first kappa shape index (κ1) is 15.6. The molecule has 0 bridgehead atoms. The van der Waals surface area contributed by atoms with E-state index >= 15 is 0 Å². The van der Waals surface area contributed by atoms with E-state index in [2.05, 4.69) is 15.1 Å². The fraction of sp³-hybridized carbons (Fsp3) is 0.200. The summed E-state index contributed by atoms with van der Waals surface area (Å²) in [5, 5.41) is 5.25. The largest absolute Gasteiger partial charge is 0.461 e. The van der Waals surface area contributed by atoms with Gasteiger partial charge in [0.2, 0.25) is 0 Å². The van der Waals surface area contributed by atoms with E-state index in [1.54, 1.807) is 12.3 Å². The van der Waals surface area contributed by atoms with E-state index in [4.69, 9.17) is 21.5 Å². The Labute approximate surface area is 141 Å². The number of thiazole rings is 1. The number of rotatable bonds is 5. The van der Waals surface area contributed by atoms with Crippen LogP contribution in [0.15, 0.2) is 34.2 Å². The molecule has 0 atom stereocenters. The van der Waals surface area contributed by atoms with Gasteiger partial charge in [-0.05, 0) is 24.7 Å². The number of carbonyl (C=O) groups excluding carboxylic acids is 1. The zero-order valence-electron chi connectivity index (χ0n) is 12.2. The lowest BCUT2D eigenvalue weighted by Gasteiger charge is -2.00. The van der Waals surface area contributed by atoms with Crippen LogP contribution in [-0.4, -0.2) is 27.7 Å². The first-order valence-electron chi connectivity index (χ1n) is 6.92. The molecule has 0 saturated heterocycles. The maximum absolute atomic E-state index is 11.6. The van der Waals surface area contributed by atoms with Crippen LogP contribution in [0.2, 0.25) is 0 Å². The Hall–Kier alpha value is -2.32. The summed E-state index contributed by atoms with van der Waals surface area (Å²) in [6.07, 6.45) is 0.652. The second kappa shape index (κ2) is 6.84. The molecule has 1 aromatic carbocycles. The van der Waals surface area contributed by atoms with Gasteiger partial charge in [0.15, 0.2) is 11.5 Å². The molecule has 23 heavy (non-hydrogen) atoms. The molecule has 0 saturated carbocycles. The number of aromatic nitrogens is 3. The Balaban J connectivity index is 1.71. The van der Waals surface area contributed by atoms with Crippen LogP contribution in [0.1, 0.15) is 28.0 Å². The number of hydrogen-bond donors (Lipinski definition) is 1. The van der Waals surface area contributed by atoms with Crippen LogP contribution in [0.25, 0.3) is 11.4 Å². The molecule has 3 aromatic rings. The summed E-state index contributed by atoms with van der Waals surface area (Å²) in [6, 6.07) is 7.81. The lowest BCUT2D eigenvalue weighted by molar-refractivity contribution is 0.0520. The Kier molecular flexibility index (Phi) is 4.63. The Morgan fingerprint density at radius 3 is 2.78 bits per heavy atom. The predicted molar refractivity (Wildman–Crippen MR) is 88.0 cm³/mol. The van der Waals surface area contributed by atoms with Crippen molar-refractivity contribution in [3.8, 4) is 11.4 Å². The first-order chi connectivity index (χ1) is 11.2. The van der Waals surface area contributed by atoms with Crippen LogP contribution in [0.3, 0.4) is 0 Å². The van der Waals surface area contributed by atoms with E-state index < -0.39 is 0 Å². The summed E-state index contributed by atoms with van der Waals surface area (Å²) in [5.41, 5.74) is 2.33. The molecular formula is C15H13N3O3S2. The zero-order chi connectivity index (χ0) is 16.2. The molecule has 2 aromatic heterocycles. The number of hydrogen-bond acceptors (Lipinski definition) is 7. The summed E-state index contributed by atoms with van der Waals surface area (Å²) in [5.74, 6) is 0.215. The van der Waals surface area contributed by atoms with Gasteiger partial charge in [-0.25, -0.2) is 14.9 Å². The number of aromatic amines is 1. The maximum Gasteiger partial charge on any atom is 0.357 e. The smallest absolute Gasteiger partial charge is 0.357 e. The van der Waals surface area contributed by atoms with E-state index in [0.29, 0.717) is 24.5 Å². The van der Waals surface area contributed by atoms with Gasteiger partial charge in [0, 0.05) is 17.4 Å². The van der Waals surface area contributed by atoms with Crippen LogP contribution >= 0.6 is 23.6 Å². The summed E-state index contributed by atoms with van der Waals surface area (Å²) in [7, 11) is 0. The van der Waals surface area contributed by atoms with Crippen molar-refractivity contribution in [2.24, 2.45) is 0 Å². The lowest BCUT2D eigenvalue weighted by atomic mass is 10.1.